The predicted octanol–water partition coefficient (Wildman–Crippen LogP) is 1.90. The lowest BCUT2D eigenvalue weighted by Crippen LogP contribution is -2.48. The van der Waals surface area contributed by atoms with Gasteiger partial charge in [0.15, 0.2) is 0 Å². The molecule has 1 atom stereocenters. The lowest BCUT2D eigenvalue weighted by molar-refractivity contribution is -0.0200. The molecule has 2 saturated heterocycles. The molecule has 3 heterocycles. The molecule has 0 saturated carbocycles. The molecular formula is C21H28N4O3S. The smallest absolute Gasteiger partial charge is 0.317 e. The number of aromatic nitrogens is 1. The number of rotatable bonds is 5. The van der Waals surface area contributed by atoms with Crippen LogP contribution in [0.15, 0.2) is 35.7 Å². The lowest BCUT2D eigenvalue weighted by atomic mass is 9.89. The first kappa shape index (κ1) is 20.3. The minimum Gasteiger partial charge on any atom is -0.392 e. The first-order valence-electron chi connectivity index (χ1n) is 10.2. The van der Waals surface area contributed by atoms with Crippen LogP contribution in [0.5, 0.6) is 0 Å². The first-order chi connectivity index (χ1) is 14.0. The summed E-state index contributed by atoms with van der Waals surface area (Å²) < 4.78 is 0. The van der Waals surface area contributed by atoms with Gasteiger partial charge in [-0.05, 0) is 24.8 Å². The van der Waals surface area contributed by atoms with Crippen LogP contribution in [0.3, 0.4) is 0 Å². The number of β-amino-alcohol motifs (C(OH)–C–C–N with tert-alkyl or cyclic N) is 1. The summed E-state index contributed by atoms with van der Waals surface area (Å²) in [4.78, 5) is 21.1. The second-order valence-corrected chi connectivity index (χ2v) is 8.91. The van der Waals surface area contributed by atoms with E-state index in [0.717, 1.165) is 23.5 Å². The number of carbonyl (C=O) groups excluding carboxylic acids is 1. The Hall–Kier alpha value is -2.00. The zero-order valence-corrected chi connectivity index (χ0v) is 17.3. The standard InChI is InChI=1S/C21H28N4O3S/c26-17-6-9-24(13-17)14-19-23-18(15-29-19)21(28)7-10-25(11-8-21)20(27)22-12-16-4-2-1-3-5-16/h1-5,15,17,26,28H,6-14H2,(H,22,27)/t17-/m1/s1. The third kappa shape index (κ3) is 4.95. The first-order valence-corrected chi connectivity index (χ1v) is 11.0. The Morgan fingerprint density at radius 3 is 2.69 bits per heavy atom. The van der Waals surface area contributed by atoms with Gasteiger partial charge in [0, 0.05) is 38.1 Å². The van der Waals surface area contributed by atoms with Gasteiger partial charge in [0.2, 0.25) is 0 Å². The average Bonchev–Trinajstić information content (AvgIpc) is 3.37. The summed E-state index contributed by atoms with van der Waals surface area (Å²) in [5.74, 6) is 0. The van der Waals surface area contributed by atoms with Crippen molar-refractivity contribution in [3.8, 4) is 0 Å². The predicted molar refractivity (Wildman–Crippen MR) is 111 cm³/mol. The largest absolute Gasteiger partial charge is 0.392 e. The number of hydrogen-bond acceptors (Lipinski definition) is 6. The molecule has 2 fully saturated rings. The number of hydrogen-bond donors (Lipinski definition) is 3. The highest BCUT2D eigenvalue weighted by molar-refractivity contribution is 7.09. The molecule has 0 spiro atoms. The van der Waals surface area contributed by atoms with Crippen molar-refractivity contribution in [1.29, 1.82) is 0 Å². The van der Waals surface area contributed by atoms with E-state index in [4.69, 9.17) is 0 Å². The van der Waals surface area contributed by atoms with Crippen molar-refractivity contribution in [2.45, 2.75) is 44.1 Å². The number of piperidine rings is 1. The number of aliphatic hydroxyl groups excluding tert-OH is 1. The molecule has 2 aromatic rings. The van der Waals surface area contributed by atoms with Crippen LogP contribution in [0.1, 0.15) is 35.5 Å². The molecule has 2 amide bonds. The summed E-state index contributed by atoms with van der Waals surface area (Å²) in [6.07, 6.45) is 1.54. The van der Waals surface area contributed by atoms with E-state index in [1.165, 1.54) is 0 Å². The van der Waals surface area contributed by atoms with E-state index in [1.807, 2.05) is 35.7 Å². The number of nitrogens with one attached hydrogen (secondary N) is 1. The zero-order valence-electron chi connectivity index (χ0n) is 16.5. The van der Waals surface area contributed by atoms with E-state index in [1.54, 1.807) is 16.2 Å². The molecule has 3 N–H and O–H groups in total. The van der Waals surface area contributed by atoms with Crippen molar-refractivity contribution in [3.05, 3.63) is 52.0 Å². The van der Waals surface area contributed by atoms with Crippen LogP contribution < -0.4 is 5.32 Å². The maximum atomic E-state index is 12.4. The van der Waals surface area contributed by atoms with Crippen molar-refractivity contribution >= 4 is 17.4 Å². The van der Waals surface area contributed by atoms with E-state index in [9.17, 15) is 15.0 Å². The van der Waals surface area contributed by atoms with Gasteiger partial charge >= 0.3 is 6.03 Å². The van der Waals surface area contributed by atoms with E-state index in [-0.39, 0.29) is 12.1 Å². The van der Waals surface area contributed by atoms with Crippen LogP contribution in [0, 0.1) is 0 Å². The summed E-state index contributed by atoms with van der Waals surface area (Å²) in [7, 11) is 0. The van der Waals surface area contributed by atoms with E-state index in [2.05, 4.69) is 15.2 Å². The number of aliphatic hydroxyl groups is 2. The molecule has 1 aromatic heterocycles. The maximum Gasteiger partial charge on any atom is 0.317 e. The van der Waals surface area contributed by atoms with Crippen LogP contribution in [0.2, 0.25) is 0 Å². The number of thiazole rings is 1. The number of likely N-dealkylation sites (tertiary alicyclic amines) is 2. The Bertz CT molecular complexity index is 820. The number of urea groups is 1. The van der Waals surface area contributed by atoms with Gasteiger partial charge in [-0.1, -0.05) is 30.3 Å². The van der Waals surface area contributed by atoms with E-state index in [0.29, 0.717) is 51.3 Å². The fourth-order valence-corrected chi connectivity index (χ4v) is 4.89. The third-order valence-corrected chi connectivity index (χ3v) is 6.63. The van der Waals surface area contributed by atoms with Crippen molar-refractivity contribution in [3.63, 3.8) is 0 Å². The number of carbonyl (C=O) groups is 1. The van der Waals surface area contributed by atoms with Gasteiger partial charge in [-0.25, -0.2) is 9.78 Å². The molecule has 156 valence electrons. The molecule has 4 rings (SSSR count). The monoisotopic (exact) mass is 416 g/mol. The van der Waals surface area contributed by atoms with Gasteiger partial charge in [-0.15, -0.1) is 11.3 Å². The highest BCUT2D eigenvalue weighted by Gasteiger charge is 2.37. The Balaban J connectivity index is 1.28. The van der Waals surface area contributed by atoms with Crippen LogP contribution in [-0.4, -0.2) is 63.3 Å². The van der Waals surface area contributed by atoms with Gasteiger partial charge in [-0.2, -0.15) is 0 Å². The summed E-state index contributed by atoms with van der Waals surface area (Å²) in [6, 6.07) is 9.74. The molecule has 29 heavy (non-hydrogen) atoms. The van der Waals surface area contributed by atoms with E-state index < -0.39 is 5.60 Å². The van der Waals surface area contributed by atoms with Gasteiger partial charge in [0.1, 0.15) is 10.6 Å². The lowest BCUT2D eigenvalue weighted by Gasteiger charge is -2.37. The summed E-state index contributed by atoms with van der Waals surface area (Å²) in [5.41, 5.74) is 0.798. The summed E-state index contributed by atoms with van der Waals surface area (Å²) in [6.45, 7) is 3.79. The quantitative estimate of drug-likeness (QED) is 0.693. The second-order valence-electron chi connectivity index (χ2n) is 7.97. The van der Waals surface area contributed by atoms with Crippen LogP contribution >= 0.6 is 11.3 Å². The minimum absolute atomic E-state index is 0.0949. The average molecular weight is 417 g/mol. The molecule has 7 nitrogen and oxygen atoms in total. The fourth-order valence-electron chi connectivity index (χ4n) is 3.97. The van der Waals surface area contributed by atoms with Crippen molar-refractivity contribution in [2.24, 2.45) is 0 Å². The number of benzene rings is 1. The van der Waals surface area contributed by atoms with Gasteiger partial charge < -0.3 is 20.4 Å². The van der Waals surface area contributed by atoms with Gasteiger partial charge in [0.25, 0.3) is 0 Å². The second kappa shape index (κ2) is 8.79. The summed E-state index contributed by atoms with van der Waals surface area (Å²) in [5, 5.41) is 26.6. The highest BCUT2D eigenvalue weighted by Crippen LogP contribution is 2.33. The molecule has 1 aromatic carbocycles. The molecule has 0 aliphatic carbocycles. The zero-order chi connectivity index (χ0) is 20.3. The molecule has 8 heteroatoms. The van der Waals surface area contributed by atoms with Crippen LogP contribution in [-0.2, 0) is 18.7 Å². The minimum atomic E-state index is -0.977. The molecule has 0 bridgehead atoms. The fraction of sp³-hybridized carbons (Fsp3) is 0.524. The molecule has 2 aliphatic rings. The SMILES string of the molecule is O=C(NCc1ccccc1)N1CCC(O)(c2csc(CN3CC[C@@H](O)C3)n2)CC1. The maximum absolute atomic E-state index is 12.4. The Kier molecular flexibility index (Phi) is 6.15. The van der Waals surface area contributed by atoms with Crippen molar-refractivity contribution < 1.29 is 15.0 Å². The number of amides is 2. The van der Waals surface area contributed by atoms with E-state index >= 15 is 0 Å². The molecule has 0 unspecified atom stereocenters. The van der Waals surface area contributed by atoms with Gasteiger partial charge in [0.05, 0.1) is 18.3 Å². The summed E-state index contributed by atoms with van der Waals surface area (Å²) >= 11 is 1.56. The molecule has 2 aliphatic heterocycles. The van der Waals surface area contributed by atoms with Gasteiger partial charge in [-0.3, -0.25) is 4.90 Å². The third-order valence-electron chi connectivity index (χ3n) is 5.80. The normalized spacial score (nSPS) is 22.0. The number of nitrogens with zero attached hydrogens (tertiary/aromatic N) is 3. The topological polar surface area (TPSA) is 88.9 Å². The van der Waals surface area contributed by atoms with Crippen LogP contribution in [0.25, 0.3) is 0 Å². The van der Waals surface area contributed by atoms with Crippen LogP contribution in [0.4, 0.5) is 4.79 Å². The molecule has 0 radical (unpaired) electrons. The van der Waals surface area contributed by atoms with Crippen molar-refractivity contribution in [2.75, 3.05) is 26.2 Å². The Morgan fingerprint density at radius 2 is 2.00 bits per heavy atom. The molecular weight excluding hydrogens is 388 g/mol. The Morgan fingerprint density at radius 1 is 1.24 bits per heavy atom. The highest BCUT2D eigenvalue weighted by atomic mass is 32.1. The van der Waals surface area contributed by atoms with Crippen molar-refractivity contribution in [1.82, 2.24) is 20.1 Å². The Labute approximate surface area is 175 Å².